The summed E-state index contributed by atoms with van der Waals surface area (Å²) in [5, 5.41) is 0. The Hall–Kier alpha value is -1.85. The zero-order valence-corrected chi connectivity index (χ0v) is 12.6. The molecule has 2 aromatic carbocycles. The molecule has 4 nitrogen and oxygen atoms in total. The molecule has 0 saturated heterocycles. The maximum Gasteiger partial charge on any atom is 0.265 e. The minimum atomic E-state index is -0.337. The molecule has 0 spiro atoms. The average molecular weight is 335 g/mol. The van der Waals surface area contributed by atoms with Crippen LogP contribution in [0, 0.1) is 6.92 Å². The second-order valence-corrected chi connectivity index (χ2v) is 5.19. The van der Waals surface area contributed by atoms with Gasteiger partial charge in [-0.3, -0.25) is 10.2 Å². The number of hydrogen-bond acceptors (Lipinski definition) is 3. The molecule has 0 aromatic heterocycles. The number of nitrogens with one attached hydrogen (secondary N) is 1. The van der Waals surface area contributed by atoms with Crippen molar-refractivity contribution >= 4 is 21.8 Å². The summed E-state index contributed by atoms with van der Waals surface area (Å²) < 4.78 is 6.48. The molecular weight excluding hydrogens is 320 g/mol. The van der Waals surface area contributed by atoms with E-state index in [4.69, 9.17) is 10.6 Å². The van der Waals surface area contributed by atoms with Gasteiger partial charge in [0.05, 0.1) is 4.47 Å². The Balaban J connectivity index is 2.11. The molecule has 2 aromatic rings. The Morgan fingerprint density at radius 3 is 2.70 bits per heavy atom. The molecule has 0 saturated carbocycles. The van der Waals surface area contributed by atoms with E-state index in [0.29, 0.717) is 22.4 Å². The van der Waals surface area contributed by atoms with Crippen molar-refractivity contribution < 1.29 is 9.53 Å². The van der Waals surface area contributed by atoms with E-state index in [1.54, 1.807) is 18.2 Å². The van der Waals surface area contributed by atoms with E-state index in [9.17, 15) is 4.79 Å². The number of rotatable bonds is 4. The first-order chi connectivity index (χ1) is 9.61. The second-order valence-electron chi connectivity index (χ2n) is 4.33. The predicted molar refractivity (Wildman–Crippen MR) is 81.3 cm³/mol. The lowest BCUT2D eigenvalue weighted by Crippen LogP contribution is -2.29. The number of carbonyl (C=O) groups excluding carboxylic acids is 1. The highest BCUT2D eigenvalue weighted by atomic mass is 79.9. The first kappa shape index (κ1) is 14.6. The fraction of sp³-hybridized carbons (Fsp3) is 0.133. The summed E-state index contributed by atoms with van der Waals surface area (Å²) in [6.45, 7) is 2.52. The van der Waals surface area contributed by atoms with Crippen LogP contribution in [-0.2, 0) is 6.61 Å². The maximum atomic E-state index is 11.4. The number of hydrazine groups is 1. The first-order valence-corrected chi connectivity index (χ1v) is 6.89. The van der Waals surface area contributed by atoms with Gasteiger partial charge in [-0.1, -0.05) is 24.3 Å². The molecule has 1 amide bonds. The Bertz CT molecular complexity index is 629. The highest BCUT2D eigenvalue weighted by Crippen LogP contribution is 2.27. The van der Waals surface area contributed by atoms with Crippen molar-refractivity contribution in [2.24, 2.45) is 5.84 Å². The average Bonchev–Trinajstić information content (AvgIpc) is 2.46. The topological polar surface area (TPSA) is 64.3 Å². The minimum Gasteiger partial charge on any atom is -0.488 e. The smallest absolute Gasteiger partial charge is 0.265 e. The Labute approximate surface area is 126 Å². The molecule has 0 unspecified atom stereocenters. The largest absolute Gasteiger partial charge is 0.488 e. The molecule has 20 heavy (non-hydrogen) atoms. The number of carbonyl (C=O) groups is 1. The lowest BCUT2D eigenvalue weighted by atomic mass is 10.1. The number of hydrogen-bond donors (Lipinski definition) is 2. The third kappa shape index (κ3) is 3.37. The van der Waals surface area contributed by atoms with Crippen molar-refractivity contribution in [2.75, 3.05) is 0 Å². The van der Waals surface area contributed by atoms with Crippen molar-refractivity contribution in [1.82, 2.24) is 5.43 Å². The lowest BCUT2D eigenvalue weighted by molar-refractivity contribution is 0.0953. The molecular formula is C15H15BrN2O2. The van der Waals surface area contributed by atoms with Crippen molar-refractivity contribution in [3.8, 4) is 5.75 Å². The molecule has 5 heteroatoms. The van der Waals surface area contributed by atoms with E-state index in [2.05, 4.69) is 21.4 Å². The zero-order chi connectivity index (χ0) is 14.5. The number of aryl methyl sites for hydroxylation is 1. The van der Waals surface area contributed by atoms with Gasteiger partial charge in [0, 0.05) is 5.56 Å². The van der Waals surface area contributed by atoms with Gasteiger partial charge in [0.25, 0.3) is 5.91 Å². The second kappa shape index (κ2) is 6.54. The summed E-state index contributed by atoms with van der Waals surface area (Å²) in [6.07, 6.45) is 0. The van der Waals surface area contributed by atoms with Gasteiger partial charge >= 0.3 is 0 Å². The summed E-state index contributed by atoms with van der Waals surface area (Å²) in [4.78, 5) is 11.4. The van der Waals surface area contributed by atoms with E-state index in [1.165, 1.54) is 5.56 Å². The predicted octanol–water partition coefficient (Wildman–Crippen LogP) is 2.94. The molecule has 104 valence electrons. The highest BCUT2D eigenvalue weighted by molar-refractivity contribution is 9.10. The number of halogens is 1. The quantitative estimate of drug-likeness (QED) is 0.513. The van der Waals surface area contributed by atoms with Crippen LogP contribution in [0.2, 0.25) is 0 Å². The normalized spacial score (nSPS) is 10.2. The van der Waals surface area contributed by atoms with Gasteiger partial charge in [0.2, 0.25) is 0 Å². The van der Waals surface area contributed by atoms with Crippen LogP contribution in [0.5, 0.6) is 5.75 Å². The third-order valence-corrected chi connectivity index (χ3v) is 3.59. The van der Waals surface area contributed by atoms with E-state index in [1.807, 2.05) is 31.2 Å². The SMILES string of the molecule is Cc1ccccc1COc1ccc(C(=O)NN)cc1Br. The molecule has 0 atom stereocenters. The standard InChI is InChI=1S/C15H15BrN2O2/c1-10-4-2-3-5-12(10)9-20-14-7-6-11(8-13(14)16)15(19)18-17/h2-8H,9,17H2,1H3,(H,18,19). The molecule has 0 radical (unpaired) electrons. The van der Waals surface area contributed by atoms with E-state index < -0.39 is 0 Å². The number of ether oxygens (including phenoxy) is 1. The summed E-state index contributed by atoms with van der Waals surface area (Å²) in [7, 11) is 0. The minimum absolute atomic E-state index is 0.337. The van der Waals surface area contributed by atoms with Crippen molar-refractivity contribution in [3.63, 3.8) is 0 Å². The number of nitrogen functional groups attached to an aromatic ring is 1. The van der Waals surface area contributed by atoms with Gasteiger partial charge in [0.15, 0.2) is 0 Å². The Kier molecular flexibility index (Phi) is 4.76. The van der Waals surface area contributed by atoms with Gasteiger partial charge in [-0.05, 0) is 52.2 Å². The lowest BCUT2D eigenvalue weighted by Gasteiger charge is -2.11. The zero-order valence-electron chi connectivity index (χ0n) is 11.0. The van der Waals surface area contributed by atoms with Gasteiger partial charge in [-0.15, -0.1) is 0 Å². The highest BCUT2D eigenvalue weighted by Gasteiger charge is 2.08. The van der Waals surface area contributed by atoms with Crippen LogP contribution in [0.25, 0.3) is 0 Å². The van der Waals surface area contributed by atoms with Crippen molar-refractivity contribution in [3.05, 3.63) is 63.6 Å². The van der Waals surface area contributed by atoms with Crippen LogP contribution in [0.1, 0.15) is 21.5 Å². The van der Waals surface area contributed by atoms with Crippen molar-refractivity contribution in [2.45, 2.75) is 13.5 Å². The van der Waals surface area contributed by atoms with Crippen LogP contribution in [0.4, 0.5) is 0 Å². The van der Waals surface area contributed by atoms with Gasteiger partial charge in [-0.25, -0.2) is 5.84 Å². The van der Waals surface area contributed by atoms with Gasteiger partial charge < -0.3 is 4.74 Å². The molecule has 0 aliphatic rings. The fourth-order valence-electron chi connectivity index (χ4n) is 1.77. The first-order valence-electron chi connectivity index (χ1n) is 6.09. The summed E-state index contributed by atoms with van der Waals surface area (Å²) in [6, 6.07) is 13.1. The van der Waals surface area contributed by atoms with E-state index >= 15 is 0 Å². The molecule has 0 aliphatic heterocycles. The Morgan fingerprint density at radius 1 is 1.30 bits per heavy atom. The van der Waals surface area contributed by atoms with E-state index in [0.717, 1.165) is 5.56 Å². The van der Waals surface area contributed by atoms with Gasteiger partial charge in [0.1, 0.15) is 12.4 Å². The van der Waals surface area contributed by atoms with Crippen molar-refractivity contribution in [1.29, 1.82) is 0 Å². The molecule has 2 rings (SSSR count). The van der Waals surface area contributed by atoms with Crippen LogP contribution < -0.4 is 16.0 Å². The molecule has 3 N–H and O–H groups in total. The molecule has 0 heterocycles. The van der Waals surface area contributed by atoms with Crippen LogP contribution in [0.3, 0.4) is 0 Å². The molecule has 0 fully saturated rings. The molecule has 0 aliphatic carbocycles. The monoisotopic (exact) mass is 334 g/mol. The maximum absolute atomic E-state index is 11.4. The van der Waals surface area contributed by atoms with Gasteiger partial charge in [-0.2, -0.15) is 0 Å². The van der Waals surface area contributed by atoms with Crippen LogP contribution in [0.15, 0.2) is 46.9 Å². The summed E-state index contributed by atoms with van der Waals surface area (Å²) in [5.74, 6) is 5.44. The number of amides is 1. The number of nitrogens with two attached hydrogens (primary N) is 1. The summed E-state index contributed by atoms with van der Waals surface area (Å²) >= 11 is 3.39. The number of benzene rings is 2. The third-order valence-electron chi connectivity index (χ3n) is 2.97. The summed E-state index contributed by atoms with van der Waals surface area (Å²) in [5.41, 5.74) is 4.88. The van der Waals surface area contributed by atoms with Crippen LogP contribution in [-0.4, -0.2) is 5.91 Å². The fourth-order valence-corrected chi connectivity index (χ4v) is 2.26. The Morgan fingerprint density at radius 2 is 2.05 bits per heavy atom. The van der Waals surface area contributed by atoms with E-state index in [-0.39, 0.29) is 5.91 Å². The van der Waals surface area contributed by atoms with Crippen LogP contribution >= 0.6 is 15.9 Å². The molecule has 0 bridgehead atoms.